The van der Waals surface area contributed by atoms with Crippen LogP contribution in [0.1, 0.15) is 24.8 Å². The van der Waals surface area contributed by atoms with Gasteiger partial charge in [0.2, 0.25) is 0 Å². The van der Waals surface area contributed by atoms with Crippen LogP contribution in [0, 0.1) is 11.8 Å². The van der Waals surface area contributed by atoms with Gasteiger partial charge in [-0.3, -0.25) is 4.90 Å². The zero-order chi connectivity index (χ0) is 14.9. The lowest BCUT2D eigenvalue weighted by Crippen LogP contribution is -2.38. The summed E-state index contributed by atoms with van der Waals surface area (Å²) in [6.45, 7) is 3.45. The summed E-state index contributed by atoms with van der Waals surface area (Å²) in [5.74, 6) is 1.55. The van der Waals surface area contributed by atoms with Crippen LogP contribution in [0.15, 0.2) is 43.0 Å². The van der Waals surface area contributed by atoms with E-state index in [2.05, 4.69) is 34.1 Å². The standard InChI is InChI=1S/C18H24N4.ClH/c19-18-3-1-2-15-11-21(12-17(15)18)10-14-4-6-16(7-5-14)22-9-8-20-13-22;/h4-9,13,15,17-18H,1-3,10-12,19H2;1H. The van der Waals surface area contributed by atoms with E-state index in [1.165, 1.54) is 43.6 Å². The highest BCUT2D eigenvalue weighted by Gasteiger charge is 2.38. The van der Waals surface area contributed by atoms with E-state index in [0.717, 1.165) is 18.4 Å². The van der Waals surface area contributed by atoms with E-state index in [-0.39, 0.29) is 12.4 Å². The SMILES string of the molecule is Cl.NC1CCCC2CN(Cc3ccc(-n4ccnc4)cc3)CC12. The van der Waals surface area contributed by atoms with E-state index in [1.807, 2.05) is 23.3 Å². The van der Waals surface area contributed by atoms with Gasteiger partial charge < -0.3 is 10.3 Å². The number of aromatic nitrogens is 2. The molecule has 0 bridgehead atoms. The summed E-state index contributed by atoms with van der Waals surface area (Å²) in [7, 11) is 0. The van der Waals surface area contributed by atoms with Crippen molar-refractivity contribution in [1.82, 2.24) is 14.5 Å². The Morgan fingerprint density at radius 1 is 1.13 bits per heavy atom. The number of hydrogen-bond acceptors (Lipinski definition) is 3. The Bertz CT molecular complexity index is 610. The van der Waals surface area contributed by atoms with Gasteiger partial charge in [0.1, 0.15) is 0 Å². The average molecular weight is 333 g/mol. The Balaban J connectivity index is 0.00000156. The summed E-state index contributed by atoms with van der Waals surface area (Å²) in [4.78, 5) is 6.69. The van der Waals surface area contributed by atoms with E-state index in [4.69, 9.17) is 5.73 Å². The fraction of sp³-hybridized carbons (Fsp3) is 0.500. The van der Waals surface area contributed by atoms with Crippen molar-refractivity contribution < 1.29 is 0 Å². The smallest absolute Gasteiger partial charge is 0.0991 e. The van der Waals surface area contributed by atoms with Gasteiger partial charge >= 0.3 is 0 Å². The summed E-state index contributed by atoms with van der Waals surface area (Å²) >= 11 is 0. The molecule has 0 amide bonds. The Morgan fingerprint density at radius 3 is 2.65 bits per heavy atom. The monoisotopic (exact) mass is 332 g/mol. The van der Waals surface area contributed by atoms with Crippen LogP contribution < -0.4 is 5.73 Å². The summed E-state index contributed by atoms with van der Waals surface area (Å²) in [6.07, 6.45) is 9.52. The largest absolute Gasteiger partial charge is 0.327 e. The maximum atomic E-state index is 6.31. The van der Waals surface area contributed by atoms with Crippen LogP contribution in [0.2, 0.25) is 0 Å². The maximum absolute atomic E-state index is 6.31. The van der Waals surface area contributed by atoms with Crippen LogP contribution in [-0.2, 0) is 6.54 Å². The molecule has 1 aliphatic carbocycles. The van der Waals surface area contributed by atoms with Crippen LogP contribution >= 0.6 is 12.4 Å². The fourth-order valence-corrected chi connectivity index (χ4v) is 4.18. The van der Waals surface area contributed by atoms with Crippen LogP contribution in [0.25, 0.3) is 5.69 Å². The number of hydrogen-bond donors (Lipinski definition) is 1. The third-order valence-corrected chi connectivity index (χ3v) is 5.37. The second-order valence-electron chi connectivity index (χ2n) is 6.85. The highest BCUT2D eigenvalue weighted by atomic mass is 35.5. The summed E-state index contributed by atoms with van der Waals surface area (Å²) in [6, 6.07) is 9.24. The highest BCUT2D eigenvalue weighted by Crippen LogP contribution is 2.36. The first-order chi connectivity index (χ1) is 10.8. The zero-order valence-corrected chi connectivity index (χ0v) is 14.2. The van der Waals surface area contributed by atoms with Crippen molar-refractivity contribution in [3.63, 3.8) is 0 Å². The molecule has 0 spiro atoms. The Hall–Kier alpha value is -1.36. The molecule has 2 heterocycles. The zero-order valence-electron chi connectivity index (χ0n) is 13.3. The third-order valence-electron chi connectivity index (χ3n) is 5.37. The molecule has 2 N–H and O–H groups in total. The first-order valence-electron chi connectivity index (χ1n) is 8.35. The van der Waals surface area contributed by atoms with Gasteiger partial charge in [0, 0.05) is 43.8 Å². The Morgan fingerprint density at radius 2 is 1.96 bits per heavy atom. The average Bonchev–Trinajstić information content (AvgIpc) is 3.18. The number of halogens is 1. The molecule has 3 unspecified atom stereocenters. The van der Waals surface area contributed by atoms with Gasteiger partial charge in [-0.15, -0.1) is 12.4 Å². The molecule has 2 aliphatic rings. The molecule has 2 fully saturated rings. The molecule has 0 radical (unpaired) electrons. The molecule has 1 aromatic carbocycles. The number of imidazole rings is 1. The Kier molecular flexibility index (Phi) is 5.05. The number of benzene rings is 1. The molecule has 23 heavy (non-hydrogen) atoms. The number of nitrogens with two attached hydrogens (primary N) is 1. The molecule has 4 rings (SSSR count). The van der Waals surface area contributed by atoms with Gasteiger partial charge in [0.05, 0.1) is 6.33 Å². The van der Waals surface area contributed by atoms with Gasteiger partial charge in [-0.25, -0.2) is 4.98 Å². The lowest BCUT2D eigenvalue weighted by Gasteiger charge is -2.29. The van der Waals surface area contributed by atoms with Gasteiger partial charge in [-0.2, -0.15) is 0 Å². The molecule has 2 aromatic rings. The molecule has 3 atom stereocenters. The summed E-state index contributed by atoms with van der Waals surface area (Å²) < 4.78 is 2.03. The minimum absolute atomic E-state index is 0. The predicted molar refractivity (Wildman–Crippen MR) is 94.9 cm³/mol. The van der Waals surface area contributed by atoms with Crippen molar-refractivity contribution in [2.45, 2.75) is 31.8 Å². The maximum Gasteiger partial charge on any atom is 0.0991 e. The van der Waals surface area contributed by atoms with Gasteiger partial charge in [0.15, 0.2) is 0 Å². The second kappa shape index (κ2) is 7.04. The van der Waals surface area contributed by atoms with Crippen molar-refractivity contribution in [2.75, 3.05) is 13.1 Å². The van der Waals surface area contributed by atoms with Crippen molar-refractivity contribution >= 4 is 12.4 Å². The molecule has 1 aromatic heterocycles. The van der Waals surface area contributed by atoms with Gasteiger partial charge in [-0.1, -0.05) is 18.6 Å². The number of likely N-dealkylation sites (tertiary alicyclic amines) is 1. The minimum Gasteiger partial charge on any atom is -0.327 e. The van der Waals surface area contributed by atoms with Crippen molar-refractivity contribution in [1.29, 1.82) is 0 Å². The highest BCUT2D eigenvalue weighted by molar-refractivity contribution is 5.85. The molecule has 1 saturated heterocycles. The summed E-state index contributed by atoms with van der Waals surface area (Å²) in [5, 5.41) is 0. The quantitative estimate of drug-likeness (QED) is 0.940. The van der Waals surface area contributed by atoms with Crippen molar-refractivity contribution in [3.8, 4) is 5.69 Å². The number of nitrogens with zero attached hydrogens (tertiary/aromatic N) is 3. The second-order valence-corrected chi connectivity index (χ2v) is 6.85. The van der Waals surface area contributed by atoms with Crippen molar-refractivity contribution in [2.24, 2.45) is 17.6 Å². The van der Waals surface area contributed by atoms with Crippen LogP contribution in [0.3, 0.4) is 0 Å². The molecular weight excluding hydrogens is 308 g/mol. The van der Waals surface area contributed by atoms with E-state index >= 15 is 0 Å². The van der Waals surface area contributed by atoms with Crippen molar-refractivity contribution in [3.05, 3.63) is 48.5 Å². The predicted octanol–water partition coefficient (Wildman–Crippen LogP) is 2.85. The fourth-order valence-electron chi connectivity index (χ4n) is 4.18. The van der Waals surface area contributed by atoms with E-state index < -0.39 is 0 Å². The van der Waals surface area contributed by atoms with E-state index in [9.17, 15) is 0 Å². The van der Waals surface area contributed by atoms with E-state index in [0.29, 0.717) is 6.04 Å². The number of rotatable bonds is 3. The van der Waals surface area contributed by atoms with Gasteiger partial charge in [-0.05, 0) is 42.4 Å². The van der Waals surface area contributed by atoms with Crippen LogP contribution in [-0.4, -0.2) is 33.6 Å². The molecule has 4 nitrogen and oxygen atoms in total. The normalized spacial score (nSPS) is 27.4. The lowest BCUT2D eigenvalue weighted by molar-refractivity contribution is 0.259. The van der Waals surface area contributed by atoms with Crippen LogP contribution in [0.4, 0.5) is 0 Å². The van der Waals surface area contributed by atoms with E-state index in [1.54, 1.807) is 0 Å². The topological polar surface area (TPSA) is 47.1 Å². The van der Waals surface area contributed by atoms with Crippen LogP contribution in [0.5, 0.6) is 0 Å². The molecule has 5 heteroatoms. The molecular formula is C18H25ClN4. The molecule has 124 valence electrons. The first-order valence-corrected chi connectivity index (χ1v) is 8.35. The summed E-state index contributed by atoms with van der Waals surface area (Å²) in [5.41, 5.74) is 8.86. The molecule has 1 aliphatic heterocycles. The van der Waals surface area contributed by atoms with Gasteiger partial charge in [0.25, 0.3) is 0 Å². The Labute approximate surface area is 144 Å². The first kappa shape index (κ1) is 16.5. The lowest BCUT2D eigenvalue weighted by atomic mass is 9.78. The third kappa shape index (κ3) is 3.44. The molecule has 1 saturated carbocycles. The number of fused-ring (bicyclic) bond motifs is 1. The minimum atomic E-state index is 0.